The molecule has 18 heavy (non-hydrogen) atoms. The first kappa shape index (κ1) is 13.8. The molecule has 3 atom stereocenters. The Kier molecular flexibility index (Phi) is 4.62. The molecule has 1 saturated carbocycles. The highest BCUT2D eigenvalue weighted by atomic mass is 16.2. The molecule has 2 aliphatic rings. The van der Waals surface area contributed by atoms with Gasteiger partial charge in [0.25, 0.3) is 0 Å². The SMILES string of the molecule is CCC1CN(C)CCCN1C(=O)C1CCC(N)C1. The van der Waals surface area contributed by atoms with Crippen molar-refractivity contribution in [2.75, 3.05) is 26.7 Å². The molecule has 1 heterocycles. The molecule has 0 bridgehead atoms. The van der Waals surface area contributed by atoms with E-state index >= 15 is 0 Å². The Bertz CT molecular complexity index is 295. The van der Waals surface area contributed by atoms with Crippen molar-refractivity contribution in [1.82, 2.24) is 9.80 Å². The van der Waals surface area contributed by atoms with Crippen molar-refractivity contribution in [3.05, 3.63) is 0 Å². The Hall–Kier alpha value is -0.610. The maximum atomic E-state index is 12.6. The highest BCUT2D eigenvalue weighted by Crippen LogP contribution is 2.27. The Morgan fingerprint density at radius 2 is 2.11 bits per heavy atom. The van der Waals surface area contributed by atoms with E-state index in [1.54, 1.807) is 0 Å². The second kappa shape index (κ2) is 6.02. The minimum atomic E-state index is 0.192. The standard InChI is InChI=1S/C14H27N3O/c1-3-13-10-16(2)7-4-8-17(13)14(18)11-5-6-12(15)9-11/h11-13H,3-10,15H2,1-2H3. The van der Waals surface area contributed by atoms with Crippen LogP contribution in [0.5, 0.6) is 0 Å². The van der Waals surface area contributed by atoms with Crippen molar-refractivity contribution in [2.45, 2.75) is 51.1 Å². The summed E-state index contributed by atoms with van der Waals surface area (Å²) in [5.74, 6) is 0.558. The second-order valence-corrected chi connectivity index (χ2v) is 5.98. The van der Waals surface area contributed by atoms with Crippen LogP contribution in [-0.4, -0.2) is 54.5 Å². The van der Waals surface area contributed by atoms with Gasteiger partial charge in [0.2, 0.25) is 5.91 Å². The van der Waals surface area contributed by atoms with Gasteiger partial charge in [0.05, 0.1) is 0 Å². The first-order chi connectivity index (χ1) is 8.61. The quantitative estimate of drug-likeness (QED) is 0.800. The maximum Gasteiger partial charge on any atom is 0.226 e. The molecule has 0 spiro atoms. The first-order valence-electron chi connectivity index (χ1n) is 7.36. The minimum Gasteiger partial charge on any atom is -0.338 e. The van der Waals surface area contributed by atoms with Gasteiger partial charge < -0.3 is 15.5 Å². The molecule has 1 aliphatic carbocycles. The van der Waals surface area contributed by atoms with E-state index in [0.29, 0.717) is 11.9 Å². The third kappa shape index (κ3) is 3.04. The lowest BCUT2D eigenvalue weighted by atomic mass is 10.0. The zero-order chi connectivity index (χ0) is 13.1. The Morgan fingerprint density at radius 1 is 1.33 bits per heavy atom. The summed E-state index contributed by atoms with van der Waals surface area (Å²) >= 11 is 0. The molecular formula is C14H27N3O. The summed E-state index contributed by atoms with van der Waals surface area (Å²) in [5, 5.41) is 0. The summed E-state index contributed by atoms with van der Waals surface area (Å²) in [6.07, 6.45) is 5.04. The Morgan fingerprint density at radius 3 is 2.72 bits per heavy atom. The number of likely N-dealkylation sites (N-methyl/N-ethyl adjacent to an activating group) is 1. The van der Waals surface area contributed by atoms with Crippen LogP contribution < -0.4 is 5.73 Å². The number of nitrogens with zero attached hydrogens (tertiary/aromatic N) is 2. The molecule has 2 rings (SSSR count). The van der Waals surface area contributed by atoms with Gasteiger partial charge in [-0.25, -0.2) is 0 Å². The minimum absolute atomic E-state index is 0.192. The summed E-state index contributed by atoms with van der Waals surface area (Å²) < 4.78 is 0. The van der Waals surface area contributed by atoms with Crippen LogP contribution in [0.1, 0.15) is 39.0 Å². The Balaban J connectivity index is 2.02. The molecule has 4 nitrogen and oxygen atoms in total. The van der Waals surface area contributed by atoms with Gasteiger partial charge in [-0.2, -0.15) is 0 Å². The zero-order valence-corrected chi connectivity index (χ0v) is 11.8. The van der Waals surface area contributed by atoms with E-state index in [4.69, 9.17) is 5.73 Å². The fraction of sp³-hybridized carbons (Fsp3) is 0.929. The van der Waals surface area contributed by atoms with Crippen molar-refractivity contribution in [1.29, 1.82) is 0 Å². The molecular weight excluding hydrogens is 226 g/mol. The number of hydrogen-bond acceptors (Lipinski definition) is 3. The third-order valence-electron chi connectivity index (χ3n) is 4.48. The van der Waals surface area contributed by atoms with Crippen molar-refractivity contribution in [3.8, 4) is 0 Å². The monoisotopic (exact) mass is 253 g/mol. The molecule has 2 N–H and O–H groups in total. The molecule has 0 radical (unpaired) electrons. The normalized spacial score (nSPS) is 34.6. The lowest BCUT2D eigenvalue weighted by molar-refractivity contribution is -0.137. The largest absolute Gasteiger partial charge is 0.338 e. The van der Waals surface area contributed by atoms with Gasteiger partial charge in [0.15, 0.2) is 0 Å². The fourth-order valence-corrected chi connectivity index (χ4v) is 3.36. The van der Waals surface area contributed by atoms with Gasteiger partial charge >= 0.3 is 0 Å². The van der Waals surface area contributed by atoms with Crippen LogP contribution >= 0.6 is 0 Å². The fourth-order valence-electron chi connectivity index (χ4n) is 3.36. The molecule has 4 heteroatoms. The Labute approximate surface area is 110 Å². The van der Waals surface area contributed by atoms with Crippen LogP contribution in [0.3, 0.4) is 0 Å². The number of carbonyl (C=O) groups excluding carboxylic acids is 1. The average molecular weight is 253 g/mol. The van der Waals surface area contributed by atoms with Gasteiger partial charge in [0.1, 0.15) is 0 Å². The predicted molar refractivity (Wildman–Crippen MR) is 73.2 cm³/mol. The number of carbonyl (C=O) groups is 1. The zero-order valence-electron chi connectivity index (χ0n) is 11.8. The van der Waals surface area contributed by atoms with Crippen LogP contribution in [0.4, 0.5) is 0 Å². The molecule has 0 aromatic heterocycles. The summed E-state index contributed by atoms with van der Waals surface area (Å²) in [4.78, 5) is 17.1. The van der Waals surface area contributed by atoms with Crippen LogP contribution in [0.25, 0.3) is 0 Å². The van der Waals surface area contributed by atoms with Crippen molar-refractivity contribution in [3.63, 3.8) is 0 Å². The van der Waals surface area contributed by atoms with Crippen molar-refractivity contribution >= 4 is 5.91 Å². The molecule has 3 unspecified atom stereocenters. The number of hydrogen-bond donors (Lipinski definition) is 1. The molecule has 1 amide bonds. The van der Waals surface area contributed by atoms with E-state index in [9.17, 15) is 4.79 Å². The maximum absolute atomic E-state index is 12.6. The number of amides is 1. The van der Waals surface area contributed by atoms with Crippen LogP contribution in [0.2, 0.25) is 0 Å². The molecule has 0 aromatic carbocycles. The van der Waals surface area contributed by atoms with Crippen LogP contribution in [-0.2, 0) is 4.79 Å². The highest BCUT2D eigenvalue weighted by molar-refractivity contribution is 5.79. The smallest absolute Gasteiger partial charge is 0.226 e. The molecule has 104 valence electrons. The molecule has 1 saturated heterocycles. The average Bonchev–Trinajstić information content (AvgIpc) is 2.68. The molecule has 2 fully saturated rings. The van der Waals surface area contributed by atoms with Gasteiger partial charge in [-0.1, -0.05) is 6.92 Å². The number of nitrogens with two attached hydrogens (primary N) is 1. The molecule has 1 aliphatic heterocycles. The topological polar surface area (TPSA) is 49.6 Å². The van der Waals surface area contributed by atoms with Crippen LogP contribution in [0, 0.1) is 5.92 Å². The van der Waals surface area contributed by atoms with E-state index in [2.05, 4.69) is 23.8 Å². The lowest BCUT2D eigenvalue weighted by Crippen LogP contribution is -2.45. The van der Waals surface area contributed by atoms with Gasteiger partial charge in [0, 0.05) is 31.1 Å². The van der Waals surface area contributed by atoms with E-state index < -0.39 is 0 Å². The third-order valence-corrected chi connectivity index (χ3v) is 4.48. The van der Waals surface area contributed by atoms with E-state index in [1.165, 1.54) is 0 Å². The van der Waals surface area contributed by atoms with Crippen LogP contribution in [0.15, 0.2) is 0 Å². The predicted octanol–water partition coefficient (Wildman–Crippen LogP) is 1.06. The summed E-state index contributed by atoms with van der Waals surface area (Å²) in [7, 11) is 2.15. The first-order valence-corrected chi connectivity index (χ1v) is 7.36. The summed E-state index contributed by atoms with van der Waals surface area (Å²) in [6, 6.07) is 0.635. The van der Waals surface area contributed by atoms with E-state index in [0.717, 1.165) is 51.7 Å². The summed E-state index contributed by atoms with van der Waals surface area (Å²) in [5.41, 5.74) is 5.93. The van der Waals surface area contributed by atoms with Gasteiger partial charge in [-0.3, -0.25) is 4.79 Å². The number of rotatable bonds is 2. The van der Waals surface area contributed by atoms with E-state index in [-0.39, 0.29) is 12.0 Å². The van der Waals surface area contributed by atoms with Gasteiger partial charge in [-0.15, -0.1) is 0 Å². The summed E-state index contributed by atoms with van der Waals surface area (Å²) in [6.45, 7) is 5.23. The highest BCUT2D eigenvalue weighted by Gasteiger charge is 2.34. The lowest BCUT2D eigenvalue weighted by Gasteiger charge is -2.32. The molecule has 0 aromatic rings. The van der Waals surface area contributed by atoms with Crippen molar-refractivity contribution < 1.29 is 4.79 Å². The van der Waals surface area contributed by atoms with E-state index in [1.807, 2.05) is 0 Å². The van der Waals surface area contributed by atoms with Crippen molar-refractivity contribution in [2.24, 2.45) is 11.7 Å². The second-order valence-electron chi connectivity index (χ2n) is 5.98. The van der Waals surface area contributed by atoms with Gasteiger partial charge in [-0.05, 0) is 45.7 Å².